The Bertz CT molecular complexity index is 564. The largest absolute Gasteiger partial charge is 0.480 e. The molecule has 0 saturated heterocycles. The van der Waals surface area contributed by atoms with Crippen LogP contribution in [0.4, 0.5) is 0 Å². The molecule has 0 aromatic carbocycles. The third-order valence-electron chi connectivity index (χ3n) is 3.20. The van der Waals surface area contributed by atoms with Crippen molar-refractivity contribution in [1.29, 1.82) is 0 Å². The predicted molar refractivity (Wildman–Crippen MR) is 110 cm³/mol. The van der Waals surface area contributed by atoms with Crippen molar-refractivity contribution in [1.82, 2.24) is 10.6 Å². The number of hydrogen-bond acceptors (Lipinski definition) is 9. The first kappa shape index (κ1) is 29.2. The molecule has 0 rings (SSSR count). The average Bonchev–Trinajstić information content (AvgIpc) is 2.66. The number of carboxylic acid groups (broad SMARTS) is 3. The number of hydrogen-bond donors (Lipinski definition) is 8. The van der Waals surface area contributed by atoms with Gasteiger partial charge < -0.3 is 37.4 Å². The van der Waals surface area contributed by atoms with Crippen LogP contribution in [0.15, 0.2) is 0 Å². The van der Waals surface area contributed by atoms with Crippen LogP contribution in [-0.4, -0.2) is 87.5 Å². The number of nitrogens with two attached hydrogens (primary N) is 2. The Morgan fingerprint density at radius 2 is 1.52 bits per heavy atom. The molecule has 1 unspecified atom stereocenters. The summed E-state index contributed by atoms with van der Waals surface area (Å²) in [6, 6.07) is -2.83. The lowest BCUT2D eigenvalue weighted by atomic mass is 10.1. The maximum absolute atomic E-state index is 11.5. The quantitative estimate of drug-likeness (QED) is 0.141. The van der Waals surface area contributed by atoms with Crippen LogP contribution >= 0.6 is 24.4 Å². The van der Waals surface area contributed by atoms with Gasteiger partial charge in [0.05, 0.1) is 0 Å². The first-order valence-corrected chi connectivity index (χ1v) is 10.3. The standard InChI is InChI=1S/C10H17N3O6S.C5H11NO2S/c11-5(10(18)19)1-2-7(14)13-6(4-20)9(17)12-3-8(15)16;1-9-3-2-4(6)5(7)8/h5-6,20H,1-4,11H2,(H,12,17)(H,13,14)(H,15,16)(H,18,19);4H,2-3,6H2,1H3,(H,7,8)/t5-,6-;/m0./s1. The smallest absolute Gasteiger partial charge is 0.322 e. The van der Waals surface area contributed by atoms with Gasteiger partial charge in [0.15, 0.2) is 0 Å². The number of carbonyl (C=O) groups is 5. The fourth-order valence-corrected chi connectivity index (χ4v) is 2.27. The molecule has 3 atom stereocenters. The minimum Gasteiger partial charge on any atom is -0.480 e. The molecule has 9 N–H and O–H groups in total. The monoisotopic (exact) mass is 456 g/mol. The summed E-state index contributed by atoms with van der Waals surface area (Å²) >= 11 is 5.48. The summed E-state index contributed by atoms with van der Waals surface area (Å²) in [5, 5.41) is 29.6. The van der Waals surface area contributed by atoms with Crippen molar-refractivity contribution in [3.63, 3.8) is 0 Å². The third kappa shape index (κ3) is 16.6. The number of nitrogens with one attached hydrogen (secondary N) is 2. The normalized spacial score (nSPS) is 13.1. The van der Waals surface area contributed by atoms with Crippen LogP contribution in [0.25, 0.3) is 0 Å². The van der Waals surface area contributed by atoms with Gasteiger partial charge in [-0.2, -0.15) is 24.4 Å². The summed E-state index contributed by atoms with van der Waals surface area (Å²) in [7, 11) is 0. The van der Waals surface area contributed by atoms with Gasteiger partial charge in [-0.15, -0.1) is 0 Å². The number of thioether (sulfide) groups is 1. The van der Waals surface area contributed by atoms with E-state index in [0.717, 1.165) is 5.75 Å². The van der Waals surface area contributed by atoms with E-state index in [1.165, 1.54) is 0 Å². The van der Waals surface area contributed by atoms with Gasteiger partial charge in [0.25, 0.3) is 0 Å². The first-order valence-electron chi connectivity index (χ1n) is 8.31. The Labute approximate surface area is 177 Å². The van der Waals surface area contributed by atoms with Gasteiger partial charge in [-0.05, 0) is 24.9 Å². The number of thiol groups is 1. The molecule has 0 heterocycles. The molecule has 0 saturated carbocycles. The molecule has 0 aliphatic rings. The van der Waals surface area contributed by atoms with E-state index in [1.807, 2.05) is 6.26 Å². The van der Waals surface area contributed by atoms with E-state index in [2.05, 4.69) is 23.3 Å². The average molecular weight is 457 g/mol. The molecule has 2 amide bonds. The lowest BCUT2D eigenvalue weighted by molar-refractivity contribution is -0.139. The molecule has 0 radical (unpaired) electrons. The Morgan fingerprint density at radius 1 is 1.00 bits per heavy atom. The Balaban J connectivity index is 0. The molecule has 168 valence electrons. The molecule has 14 heteroatoms. The van der Waals surface area contributed by atoms with Crippen LogP contribution in [0.3, 0.4) is 0 Å². The van der Waals surface area contributed by atoms with Crippen molar-refractivity contribution < 1.29 is 39.3 Å². The van der Waals surface area contributed by atoms with Gasteiger partial charge in [0.2, 0.25) is 11.8 Å². The molecular weight excluding hydrogens is 428 g/mol. The molecule has 0 fully saturated rings. The van der Waals surface area contributed by atoms with E-state index in [1.54, 1.807) is 11.8 Å². The van der Waals surface area contributed by atoms with Crippen LogP contribution in [0.5, 0.6) is 0 Å². The molecule has 29 heavy (non-hydrogen) atoms. The van der Waals surface area contributed by atoms with E-state index in [9.17, 15) is 24.0 Å². The van der Waals surface area contributed by atoms with Crippen molar-refractivity contribution in [2.75, 3.05) is 24.3 Å². The fourth-order valence-electron chi connectivity index (χ4n) is 1.52. The fraction of sp³-hybridized carbons (Fsp3) is 0.667. The lowest BCUT2D eigenvalue weighted by Crippen LogP contribution is -2.49. The second-order valence-corrected chi connectivity index (χ2v) is 6.97. The minimum absolute atomic E-state index is 0.0256. The van der Waals surface area contributed by atoms with Crippen LogP contribution in [0.2, 0.25) is 0 Å². The summed E-state index contributed by atoms with van der Waals surface area (Å²) in [6.07, 6.45) is 2.24. The summed E-state index contributed by atoms with van der Waals surface area (Å²) in [5.74, 6) is -3.80. The van der Waals surface area contributed by atoms with Gasteiger partial charge >= 0.3 is 17.9 Å². The zero-order valence-corrected chi connectivity index (χ0v) is 17.6. The summed E-state index contributed by atoms with van der Waals surface area (Å²) in [6.45, 7) is -0.567. The minimum atomic E-state index is -1.22. The highest BCUT2D eigenvalue weighted by Crippen LogP contribution is 1.98. The van der Waals surface area contributed by atoms with Crippen molar-refractivity contribution in [3.8, 4) is 0 Å². The third-order valence-corrected chi connectivity index (χ3v) is 4.21. The van der Waals surface area contributed by atoms with Crippen LogP contribution in [0.1, 0.15) is 19.3 Å². The van der Waals surface area contributed by atoms with E-state index < -0.39 is 54.4 Å². The number of rotatable bonds is 13. The molecular formula is C15H28N4O8S2. The molecule has 12 nitrogen and oxygen atoms in total. The Morgan fingerprint density at radius 3 is 1.93 bits per heavy atom. The van der Waals surface area contributed by atoms with Crippen molar-refractivity contribution in [2.45, 2.75) is 37.4 Å². The number of amides is 2. The summed E-state index contributed by atoms with van der Waals surface area (Å²) in [4.78, 5) is 53.8. The van der Waals surface area contributed by atoms with Gasteiger partial charge in [-0.3, -0.25) is 24.0 Å². The molecule has 0 spiro atoms. The number of carbonyl (C=O) groups excluding carboxylic acids is 2. The van der Waals surface area contributed by atoms with Crippen LogP contribution < -0.4 is 22.1 Å². The Hall–Kier alpha value is -2.03. The first-order chi connectivity index (χ1) is 13.5. The lowest BCUT2D eigenvalue weighted by Gasteiger charge is -2.16. The maximum Gasteiger partial charge on any atom is 0.322 e. The predicted octanol–water partition coefficient (Wildman–Crippen LogP) is -2.05. The second-order valence-electron chi connectivity index (χ2n) is 5.62. The van der Waals surface area contributed by atoms with E-state index >= 15 is 0 Å². The van der Waals surface area contributed by atoms with E-state index in [0.29, 0.717) is 6.42 Å². The van der Waals surface area contributed by atoms with Crippen molar-refractivity contribution >= 4 is 54.1 Å². The maximum atomic E-state index is 11.5. The number of aliphatic carboxylic acids is 3. The van der Waals surface area contributed by atoms with E-state index in [4.69, 9.17) is 26.8 Å². The second kappa shape index (κ2) is 16.9. The van der Waals surface area contributed by atoms with Crippen LogP contribution in [-0.2, 0) is 24.0 Å². The van der Waals surface area contributed by atoms with Crippen LogP contribution in [0, 0.1) is 0 Å². The van der Waals surface area contributed by atoms with Gasteiger partial charge in [0, 0.05) is 12.2 Å². The summed E-state index contributed by atoms with van der Waals surface area (Å²) < 4.78 is 0. The molecule has 0 aliphatic carbocycles. The van der Waals surface area contributed by atoms with Crippen molar-refractivity contribution in [2.24, 2.45) is 11.5 Å². The van der Waals surface area contributed by atoms with Gasteiger partial charge in [-0.1, -0.05) is 0 Å². The highest BCUT2D eigenvalue weighted by Gasteiger charge is 2.20. The molecule has 0 bridgehead atoms. The zero-order valence-electron chi connectivity index (χ0n) is 15.9. The van der Waals surface area contributed by atoms with Gasteiger partial charge in [-0.25, -0.2) is 0 Å². The SMILES string of the molecule is CSCCC(N)C(=O)O.N[C@@H](CCC(=O)N[C@@H](CS)C(=O)NCC(=O)O)C(=O)O. The van der Waals surface area contributed by atoms with Crippen molar-refractivity contribution in [3.05, 3.63) is 0 Å². The molecule has 0 aliphatic heterocycles. The zero-order chi connectivity index (χ0) is 23.0. The highest BCUT2D eigenvalue weighted by molar-refractivity contribution is 7.98. The Kier molecular flexibility index (Phi) is 17.0. The number of carboxylic acids is 3. The highest BCUT2D eigenvalue weighted by atomic mass is 32.2. The topological polar surface area (TPSA) is 222 Å². The van der Waals surface area contributed by atoms with E-state index in [-0.39, 0.29) is 18.6 Å². The molecule has 0 aromatic heterocycles. The summed E-state index contributed by atoms with van der Waals surface area (Å²) in [5.41, 5.74) is 10.4. The van der Waals surface area contributed by atoms with Gasteiger partial charge in [0.1, 0.15) is 24.7 Å². The molecule has 0 aromatic rings.